The van der Waals surface area contributed by atoms with Crippen LogP contribution in [0.1, 0.15) is 26.2 Å². The lowest BCUT2D eigenvalue weighted by Crippen LogP contribution is -2.42. The zero-order chi connectivity index (χ0) is 10.6. The van der Waals surface area contributed by atoms with Gasteiger partial charge in [-0.05, 0) is 12.8 Å². The van der Waals surface area contributed by atoms with Crippen molar-refractivity contribution >= 4 is 5.91 Å². The highest BCUT2D eigenvalue weighted by atomic mass is 16.3. The van der Waals surface area contributed by atoms with Crippen molar-refractivity contribution in [2.45, 2.75) is 32.2 Å². The molecule has 14 heavy (non-hydrogen) atoms. The third kappa shape index (κ3) is 2.69. The molecule has 3 atom stereocenters. The molecule has 0 aromatic rings. The lowest BCUT2D eigenvalue weighted by atomic mass is 10.0. The van der Waals surface area contributed by atoms with Gasteiger partial charge >= 0.3 is 0 Å². The smallest absolute Gasteiger partial charge is 0.224 e. The van der Waals surface area contributed by atoms with Crippen LogP contribution < -0.4 is 11.1 Å². The molecule has 0 saturated heterocycles. The van der Waals surface area contributed by atoms with Crippen molar-refractivity contribution in [1.82, 2.24) is 5.32 Å². The van der Waals surface area contributed by atoms with Crippen molar-refractivity contribution in [2.24, 2.45) is 17.6 Å². The summed E-state index contributed by atoms with van der Waals surface area (Å²) < 4.78 is 0. The molecule has 1 aliphatic carbocycles. The maximum atomic E-state index is 11.5. The number of nitrogens with one attached hydrogen (secondary N) is 1. The van der Waals surface area contributed by atoms with Gasteiger partial charge in [-0.15, -0.1) is 0 Å². The van der Waals surface area contributed by atoms with E-state index in [0.29, 0.717) is 6.54 Å². The molecule has 0 radical (unpaired) electrons. The molecule has 4 N–H and O–H groups in total. The van der Waals surface area contributed by atoms with Crippen LogP contribution in [0.25, 0.3) is 0 Å². The van der Waals surface area contributed by atoms with Crippen LogP contribution in [-0.2, 0) is 4.79 Å². The predicted octanol–water partition coefficient (Wildman–Crippen LogP) is -0.142. The molecule has 4 heteroatoms. The van der Waals surface area contributed by atoms with Gasteiger partial charge < -0.3 is 16.2 Å². The first kappa shape index (κ1) is 11.5. The number of hydrogen-bond acceptors (Lipinski definition) is 3. The van der Waals surface area contributed by atoms with Crippen LogP contribution in [0.5, 0.6) is 0 Å². The number of hydrogen-bond donors (Lipinski definition) is 3. The van der Waals surface area contributed by atoms with Crippen LogP contribution in [0.15, 0.2) is 0 Å². The lowest BCUT2D eigenvalue weighted by Gasteiger charge is -2.20. The first-order valence-corrected chi connectivity index (χ1v) is 5.30. The second kappa shape index (κ2) is 5.32. The minimum Gasteiger partial charge on any atom is -0.396 e. The van der Waals surface area contributed by atoms with E-state index in [1.165, 1.54) is 0 Å². The predicted molar refractivity (Wildman–Crippen MR) is 54.6 cm³/mol. The Bertz CT molecular complexity index is 197. The van der Waals surface area contributed by atoms with E-state index in [2.05, 4.69) is 5.32 Å². The fourth-order valence-corrected chi connectivity index (χ4v) is 1.88. The van der Waals surface area contributed by atoms with Crippen LogP contribution in [-0.4, -0.2) is 30.2 Å². The standard InChI is InChI=1S/C10H20N2O2/c1-7(5-11)10(14)12-9-4-2-3-8(9)6-13/h7-9,13H,2-6,11H2,1H3,(H,12,14). The van der Waals surface area contributed by atoms with Gasteiger partial charge in [0.2, 0.25) is 5.91 Å². The Hall–Kier alpha value is -0.610. The van der Waals surface area contributed by atoms with E-state index >= 15 is 0 Å². The second-order valence-electron chi connectivity index (χ2n) is 4.13. The first-order valence-electron chi connectivity index (χ1n) is 5.30. The third-order valence-electron chi connectivity index (χ3n) is 3.02. The fraction of sp³-hybridized carbons (Fsp3) is 0.900. The number of rotatable bonds is 4. The quantitative estimate of drug-likeness (QED) is 0.591. The van der Waals surface area contributed by atoms with Gasteiger partial charge in [-0.3, -0.25) is 4.79 Å². The Morgan fingerprint density at radius 1 is 1.64 bits per heavy atom. The van der Waals surface area contributed by atoms with E-state index in [0.717, 1.165) is 19.3 Å². The van der Waals surface area contributed by atoms with E-state index in [1.807, 2.05) is 6.92 Å². The summed E-state index contributed by atoms with van der Waals surface area (Å²) in [4.78, 5) is 11.5. The topological polar surface area (TPSA) is 75.4 Å². The fourth-order valence-electron chi connectivity index (χ4n) is 1.88. The van der Waals surface area contributed by atoms with Gasteiger partial charge in [-0.1, -0.05) is 13.3 Å². The number of nitrogens with two attached hydrogens (primary N) is 1. The summed E-state index contributed by atoms with van der Waals surface area (Å²) in [5, 5.41) is 12.0. The SMILES string of the molecule is CC(CN)C(=O)NC1CCCC1CO. The molecule has 0 aromatic heterocycles. The molecule has 1 saturated carbocycles. The van der Waals surface area contributed by atoms with Crippen LogP contribution in [0.2, 0.25) is 0 Å². The van der Waals surface area contributed by atoms with Crippen LogP contribution in [0.4, 0.5) is 0 Å². The molecular formula is C10H20N2O2. The average molecular weight is 200 g/mol. The van der Waals surface area contributed by atoms with Gasteiger partial charge in [0.1, 0.15) is 0 Å². The van der Waals surface area contributed by atoms with Crippen molar-refractivity contribution in [3.63, 3.8) is 0 Å². The van der Waals surface area contributed by atoms with Crippen molar-refractivity contribution in [3.05, 3.63) is 0 Å². The van der Waals surface area contributed by atoms with E-state index < -0.39 is 0 Å². The molecule has 1 rings (SSSR count). The lowest BCUT2D eigenvalue weighted by molar-refractivity contribution is -0.125. The van der Waals surface area contributed by atoms with Gasteiger partial charge in [0.15, 0.2) is 0 Å². The number of amides is 1. The maximum Gasteiger partial charge on any atom is 0.224 e. The third-order valence-corrected chi connectivity index (χ3v) is 3.02. The van der Waals surface area contributed by atoms with Crippen molar-refractivity contribution < 1.29 is 9.90 Å². The zero-order valence-electron chi connectivity index (χ0n) is 8.70. The van der Waals surface area contributed by atoms with Gasteiger partial charge in [0.25, 0.3) is 0 Å². The minimum absolute atomic E-state index is 0.0119. The van der Waals surface area contributed by atoms with Crippen molar-refractivity contribution in [1.29, 1.82) is 0 Å². The molecule has 82 valence electrons. The summed E-state index contributed by atoms with van der Waals surface area (Å²) in [6.07, 6.45) is 3.08. The van der Waals surface area contributed by atoms with Crippen molar-refractivity contribution in [2.75, 3.05) is 13.2 Å². The van der Waals surface area contributed by atoms with Crippen LogP contribution in [0, 0.1) is 11.8 Å². The summed E-state index contributed by atoms with van der Waals surface area (Å²) in [5.41, 5.74) is 5.40. The monoisotopic (exact) mass is 200 g/mol. The maximum absolute atomic E-state index is 11.5. The van der Waals surface area contributed by atoms with E-state index in [-0.39, 0.29) is 30.4 Å². The number of carbonyl (C=O) groups excluding carboxylic acids is 1. The average Bonchev–Trinajstić information content (AvgIpc) is 2.63. The number of aliphatic hydroxyl groups excluding tert-OH is 1. The summed E-state index contributed by atoms with van der Waals surface area (Å²) >= 11 is 0. The van der Waals surface area contributed by atoms with Crippen molar-refractivity contribution in [3.8, 4) is 0 Å². The summed E-state index contributed by atoms with van der Waals surface area (Å²) in [6, 6.07) is 0.154. The molecule has 1 aliphatic rings. The number of aliphatic hydroxyl groups is 1. The summed E-state index contributed by atoms with van der Waals surface area (Å²) in [5.74, 6) is 0.122. The molecule has 3 unspecified atom stereocenters. The molecule has 1 fully saturated rings. The van der Waals surface area contributed by atoms with Gasteiger partial charge in [0, 0.05) is 31.0 Å². The summed E-state index contributed by atoms with van der Waals surface area (Å²) in [7, 11) is 0. The highest BCUT2D eigenvalue weighted by Gasteiger charge is 2.28. The van der Waals surface area contributed by atoms with Gasteiger partial charge in [0.05, 0.1) is 0 Å². The Balaban J connectivity index is 2.39. The van der Waals surface area contributed by atoms with E-state index in [4.69, 9.17) is 10.8 Å². The molecule has 0 aliphatic heterocycles. The summed E-state index contributed by atoms with van der Waals surface area (Å²) in [6.45, 7) is 2.36. The normalized spacial score (nSPS) is 28.8. The molecule has 0 aromatic carbocycles. The highest BCUT2D eigenvalue weighted by Crippen LogP contribution is 2.25. The van der Waals surface area contributed by atoms with Crippen LogP contribution >= 0.6 is 0 Å². The number of carbonyl (C=O) groups is 1. The largest absolute Gasteiger partial charge is 0.396 e. The van der Waals surface area contributed by atoms with E-state index in [1.54, 1.807) is 0 Å². The first-order chi connectivity index (χ1) is 6.69. The molecule has 0 heterocycles. The molecule has 0 spiro atoms. The van der Waals surface area contributed by atoms with E-state index in [9.17, 15) is 4.79 Å². The Morgan fingerprint density at radius 2 is 2.36 bits per heavy atom. The van der Waals surface area contributed by atoms with Gasteiger partial charge in [-0.2, -0.15) is 0 Å². The minimum atomic E-state index is -0.130. The Morgan fingerprint density at radius 3 is 2.93 bits per heavy atom. The van der Waals surface area contributed by atoms with Gasteiger partial charge in [-0.25, -0.2) is 0 Å². The Labute approximate surface area is 84.9 Å². The van der Waals surface area contributed by atoms with Crippen LogP contribution in [0.3, 0.4) is 0 Å². The molecule has 4 nitrogen and oxygen atoms in total. The second-order valence-corrected chi connectivity index (χ2v) is 4.13. The zero-order valence-corrected chi connectivity index (χ0v) is 8.70. The molecular weight excluding hydrogens is 180 g/mol. The molecule has 0 bridgehead atoms. The molecule has 1 amide bonds. The Kier molecular flexibility index (Phi) is 4.35. The highest BCUT2D eigenvalue weighted by molar-refractivity contribution is 5.78.